The lowest BCUT2D eigenvalue weighted by Gasteiger charge is -2.34. The number of nitrogens with one attached hydrogen (secondary N) is 1. The lowest BCUT2D eigenvalue weighted by Crippen LogP contribution is -2.51. The van der Waals surface area contributed by atoms with Gasteiger partial charge in [0.15, 0.2) is 5.13 Å². The van der Waals surface area contributed by atoms with Crippen molar-refractivity contribution in [2.24, 2.45) is 0 Å². The molecule has 2 aromatic heterocycles. The topological polar surface area (TPSA) is 48.5 Å². The molecule has 7 heteroatoms. The number of thiazole rings is 1. The monoisotopic (exact) mass is 386 g/mol. The van der Waals surface area contributed by atoms with Gasteiger partial charge in [0.2, 0.25) is 0 Å². The number of hydrogen-bond acceptors (Lipinski definition) is 5. The van der Waals surface area contributed by atoms with Crippen LogP contribution in [-0.4, -0.2) is 42.1 Å². The fourth-order valence-electron chi connectivity index (χ4n) is 3.29. The highest BCUT2D eigenvalue weighted by Crippen LogP contribution is 2.32. The predicted octanol–water partition coefficient (Wildman–Crippen LogP) is 4.01. The Morgan fingerprint density at radius 1 is 1.23 bits per heavy atom. The SMILES string of the molecule is Cc1cc(C)c2sc(N3CCN(C(=O)NCc4cccs4)CC3)nc2c1. The zero-order valence-corrected chi connectivity index (χ0v) is 16.6. The molecule has 2 amide bonds. The van der Waals surface area contributed by atoms with Crippen molar-refractivity contribution in [3.63, 3.8) is 0 Å². The molecule has 0 bridgehead atoms. The van der Waals surface area contributed by atoms with E-state index in [1.54, 1.807) is 22.7 Å². The first-order chi connectivity index (χ1) is 12.6. The maximum absolute atomic E-state index is 12.3. The van der Waals surface area contributed by atoms with Gasteiger partial charge < -0.3 is 15.1 Å². The van der Waals surface area contributed by atoms with Gasteiger partial charge in [0.25, 0.3) is 0 Å². The summed E-state index contributed by atoms with van der Waals surface area (Å²) in [6.45, 7) is 7.96. The second-order valence-corrected chi connectivity index (χ2v) is 8.65. The van der Waals surface area contributed by atoms with Crippen molar-refractivity contribution in [2.45, 2.75) is 20.4 Å². The summed E-state index contributed by atoms with van der Waals surface area (Å²) in [5.41, 5.74) is 3.62. The summed E-state index contributed by atoms with van der Waals surface area (Å²) >= 11 is 3.42. The van der Waals surface area contributed by atoms with Crippen LogP contribution in [0.2, 0.25) is 0 Å². The minimum Gasteiger partial charge on any atom is -0.345 e. The minimum absolute atomic E-state index is 0.0221. The van der Waals surface area contributed by atoms with Gasteiger partial charge in [0.1, 0.15) is 0 Å². The largest absolute Gasteiger partial charge is 0.345 e. The molecule has 3 heterocycles. The Morgan fingerprint density at radius 3 is 2.77 bits per heavy atom. The van der Waals surface area contributed by atoms with Crippen molar-refractivity contribution >= 4 is 44.1 Å². The molecule has 1 aliphatic rings. The van der Waals surface area contributed by atoms with E-state index in [0.717, 1.165) is 36.8 Å². The molecule has 26 heavy (non-hydrogen) atoms. The number of thiophene rings is 1. The number of amides is 2. The molecule has 1 aromatic carbocycles. The second kappa shape index (κ2) is 7.25. The number of fused-ring (bicyclic) bond motifs is 1. The number of piperazine rings is 1. The van der Waals surface area contributed by atoms with E-state index in [9.17, 15) is 4.79 Å². The summed E-state index contributed by atoms with van der Waals surface area (Å²) in [6.07, 6.45) is 0. The predicted molar refractivity (Wildman–Crippen MR) is 109 cm³/mol. The molecule has 0 spiro atoms. The van der Waals surface area contributed by atoms with E-state index in [4.69, 9.17) is 4.98 Å². The van der Waals surface area contributed by atoms with Gasteiger partial charge in [-0.2, -0.15) is 0 Å². The van der Waals surface area contributed by atoms with Crippen molar-refractivity contribution in [2.75, 3.05) is 31.1 Å². The Hall–Kier alpha value is -2.12. The molecule has 5 nitrogen and oxygen atoms in total. The fourth-order valence-corrected chi connectivity index (χ4v) is 5.00. The van der Waals surface area contributed by atoms with Crippen LogP contribution in [0.5, 0.6) is 0 Å². The smallest absolute Gasteiger partial charge is 0.317 e. The molecule has 3 aromatic rings. The average Bonchev–Trinajstić information content (AvgIpc) is 3.29. The molecule has 0 atom stereocenters. The normalized spacial score (nSPS) is 14.8. The highest BCUT2D eigenvalue weighted by molar-refractivity contribution is 7.22. The summed E-state index contributed by atoms with van der Waals surface area (Å²) < 4.78 is 1.27. The molecule has 4 rings (SSSR count). The minimum atomic E-state index is 0.0221. The second-order valence-electron chi connectivity index (χ2n) is 6.64. The highest BCUT2D eigenvalue weighted by atomic mass is 32.1. The maximum atomic E-state index is 12.3. The van der Waals surface area contributed by atoms with E-state index >= 15 is 0 Å². The first-order valence-electron chi connectivity index (χ1n) is 8.78. The Morgan fingerprint density at radius 2 is 2.04 bits per heavy atom. The number of aryl methyl sites for hydroxylation is 2. The molecule has 1 saturated heterocycles. The van der Waals surface area contributed by atoms with Gasteiger partial charge in [-0.1, -0.05) is 23.5 Å². The first-order valence-corrected chi connectivity index (χ1v) is 10.5. The van der Waals surface area contributed by atoms with Gasteiger partial charge in [-0.05, 0) is 42.5 Å². The number of rotatable bonds is 3. The molecular formula is C19H22N4OS2. The third-order valence-corrected chi connectivity index (χ3v) is 6.78. The summed E-state index contributed by atoms with van der Waals surface area (Å²) in [4.78, 5) is 22.5. The van der Waals surface area contributed by atoms with Crippen LogP contribution < -0.4 is 10.2 Å². The van der Waals surface area contributed by atoms with Gasteiger partial charge in [-0.15, -0.1) is 11.3 Å². The van der Waals surface area contributed by atoms with Crippen LogP contribution in [0.4, 0.5) is 9.93 Å². The molecule has 1 aliphatic heterocycles. The summed E-state index contributed by atoms with van der Waals surface area (Å²) in [5, 5.41) is 6.10. The van der Waals surface area contributed by atoms with Crippen molar-refractivity contribution in [1.29, 1.82) is 0 Å². The third kappa shape index (κ3) is 3.54. The fraction of sp³-hybridized carbons (Fsp3) is 0.368. The van der Waals surface area contributed by atoms with Crippen LogP contribution >= 0.6 is 22.7 Å². The van der Waals surface area contributed by atoms with Crippen LogP contribution in [-0.2, 0) is 6.54 Å². The molecule has 136 valence electrons. The van der Waals surface area contributed by atoms with E-state index in [2.05, 4.69) is 36.2 Å². The lowest BCUT2D eigenvalue weighted by molar-refractivity contribution is 0.194. The number of carbonyl (C=O) groups excluding carboxylic acids is 1. The quantitative estimate of drug-likeness (QED) is 0.740. The van der Waals surface area contributed by atoms with Crippen LogP contribution in [0.3, 0.4) is 0 Å². The van der Waals surface area contributed by atoms with Crippen molar-refractivity contribution in [3.05, 3.63) is 45.6 Å². The molecule has 0 radical (unpaired) electrons. The van der Waals surface area contributed by atoms with Gasteiger partial charge in [0.05, 0.1) is 16.8 Å². The van der Waals surface area contributed by atoms with Gasteiger partial charge in [0, 0.05) is 31.1 Å². The number of nitrogens with zero attached hydrogens (tertiary/aromatic N) is 3. The van der Waals surface area contributed by atoms with Crippen molar-refractivity contribution in [1.82, 2.24) is 15.2 Å². The molecule has 0 aliphatic carbocycles. The van der Waals surface area contributed by atoms with Crippen LogP contribution in [0.15, 0.2) is 29.6 Å². The Balaban J connectivity index is 1.37. The van der Waals surface area contributed by atoms with Gasteiger partial charge in [-0.25, -0.2) is 9.78 Å². The number of benzene rings is 1. The highest BCUT2D eigenvalue weighted by Gasteiger charge is 2.23. The van der Waals surface area contributed by atoms with Crippen molar-refractivity contribution in [3.8, 4) is 0 Å². The van der Waals surface area contributed by atoms with Gasteiger partial charge in [-0.3, -0.25) is 0 Å². The van der Waals surface area contributed by atoms with Crippen LogP contribution in [0.1, 0.15) is 16.0 Å². The number of carbonyl (C=O) groups is 1. The molecule has 1 fully saturated rings. The van der Waals surface area contributed by atoms with E-state index in [1.165, 1.54) is 20.7 Å². The lowest BCUT2D eigenvalue weighted by atomic mass is 10.1. The standard InChI is InChI=1S/C19H22N4OS2/c1-13-10-14(2)17-16(11-13)21-19(26-17)23-7-5-22(6-8-23)18(24)20-12-15-4-3-9-25-15/h3-4,9-11H,5-8,12H2,1-2H3,(H,20,24). The number of aromatic nitrogens is 1. The zero-order valence-electron chi connectivity index (χ0n) is 15.0. The Labute approximate surface area is 161 Å². The van der Waals surface area contributed by atoms with E-state index in [1.807, 2.05) is 22.4 Å². The van der Waals surface area contributed by atoms with Gasteiger partial charge >= 0.3 is 6.03 Å². The summed E-state index contributed by atoms with van der Waals surface area (Å²) in [5.74, 6) is 0. The van der Waals surface area contributed by atoms with E-state index in [-0.39, 0.29) is 6.03 Å². The average molecular weight is 387 g/mol. The molecule has 0 unspecified atom stereocenters. The molecular weight excluding hydrogens is 364 g/mol. The maximum Gasteiger partial charge on any atom is 0.317 e. The summed E-state index contributed by atoms with van der Waals surface area (Å²) in [6, 6.07) is 8.43. The van der Waals surface area contributed by atoms with E-state index < -0.39 is 0 Å². The number of urea groups is 1. The molecule has 1 N–H and O–H groups in total. The van der Waals surface area contributed by atoms with Crippen molar-refractivity contribution < 1.29 is 4.79 Å². The van der Waals surface area contributed by atoms with Crippen LogP contribution in [0, 0.1) is 13.8 Å². The first kappa shape index (κ1) is 17.3. The zero-order chi connectivity index (χ0) is 18.1. The molecule has 0 saturated carbocycles. The Kier molecular flexibility index (Phi) is 4.82. The van der Waals surface area contributed by atoms with E-state index in [0.29, 0.717) is 6.54 Å². The van der Waals surface area contributed by atoms with Crippen LogP contribution in [0.25, 0.3) is 10.2 Å². The Bertz CT molecular complexity index is 911. The third-order valence-electron chi connectivity index (χ3n) is 4.64. The number of hydrogen-bond donors (Lipinski definition) is 1. The summed E-state index contributed by atoms with van der Waals surface area (Å²) in [7, 11) is 0. The number of anilines is 1.